The molecule has 0 spiro atoms. The molecule has 0 fully saturated rings. The van der Waals surface area contributed by atoms with Gasteiger partial charge >= 0.3 is 12.3 Å². The number of halogens is 6. The van der Waals surface area contributed by atoms with Crippen LogP contribution in [0.3, 0.4) is 0 Å². The molecule has 83 valence electrons. The zero-order chi connectivity index (χ0) is 11.7. The molecule has 0 aromatic heterocycles. The van der Waals surface area contributed by atoms with E-state index in [2.05, 4.69) is 10.8 Å². The van der Waals surface area contributed by atoms with Crippen LogP contribution in [0.2, 0.25) is 5.02 Å². The monoisotopic (exact) mass is 245 g/mol. The fourth-order valence-electron chi connectivity index (χ4n) is 0.676. The smallest absolute Gasteiger partial charge is 0.424 e. The van der Waals surface area contributed by atoms with Crippen LogP contribution in [0.1, 0.15) is 0 Å². The minimum absolute atomic E-state index is 0.443. The van der Waals surface area contributed by atoms with Crippen LogP contribution in [0.4, 0.5) is 22.0 Å². The average molecular weight is 246 g/mol. The van der Waals surface area contributed by atoms with Gasteiger partial charge in [-0.25, -0.2) is 0 Å². The van der Waals surface area contributed by atoms with Crippen LogP contribution in [0.5, 0.6) is 5.75 Å². The second-order valence-corrected chi connectivity index (χ2v) is 2.84. The van der Waals surface area contributed by atoms with Gasteiger partial charge in [0.1, 0.15) is 5.75 Å². The summed E-state index contributed by atoms with van der Waals surface area (Å²) in [5.74, 6) is -0.776. The average Bonchev–Trinajstić information content (AvgIpc) is 2.06. The van der Waals surface area contributed by atoms with Crippen molar-refractivity contribution < 1.29 is 26.7 Å². The van der Waals surface area contributed by atoms with Crippen LogP contribution in [0.15, 0.2) is 18.2 Å². The third kappa shape index (κ3) is 2.71. The summed E-state index contributed by atoms with van der Waals surface area (Å²) in [5.41, 5.74) is 0. The molecule has 1 nitrogen and oxygen atoms in total. The van der Waals surface area contributed by atoms with Crippen molar-refractivity contribution in [3.8, 4) is 5.75 Å². The topological polar surface area (TPSA) is 9.23 Å². The zero-order valence-corrected chi connectivity index (χ0v) is 7.66. The van der Waals surface area contributed by atoms with Gasteiger partial charge in [0.2, 0.25) is 0 Å². The van der Waals surface area contributed by atoms with Gasteiger partial charge in [0.05, 0.1) is 5.02 Å². The Morgan fingerprint density at radius 2 is 1.80 bits per heavy atom. The number of hydrogen-bond donors (Lipinski definition) is 0. The number of alkyl halides is 5. The molecule has 0 heterocycles. The molecule has 0 aliphatic heterocycles. The summed E-state index contributed by atoms with van der Waals surface area (Å²) < 4.78 is 63.4. The van der Waals surface area contributed by atoms with E-state index in [-0.39, 0.29) is 0 Å². The molecule has 1 radical (unpaired) electrons. The van der Waals surface area contributed by atoms with E-state index in [4.69, 9.17) is 11.6 Å². The Balaban J connectivity index is 2.92. The highest BCUT2D eigenvalue weighted by Gasteiger charge is 2.61. The SMILES string of the molecule is FC(F)(F)C(F)(F)Oc1ccc[c]c1Cl. The van der Waals surface area contributed by atoms with E-state index in [1.807, 2.05) is 0 Å². The van der Waals surface area contributed by atoms with Crippen molar-refractivity contribution in [2.75, 3.05) is 0 Å². The first kappa shape index (κ1) is 12.0. The summed E-state index contributed by atoms with van der Waals surface area (Å²) in [6.07, 6.45) is -11.1. The van der Waals surface area contributed by atoms with Crippen LogP contribution in [-0.4, -0.2) is 12.3 Å². The molecule has 1 aromatic carbocycles. The van der Waals surface area contributed by atoms with E-state index in [0.29, 0.717) is 0 Å². The second kappa shape index (κ2) is 3.84. The van der Waals surface area contributed by atoms with E-state index < -0.39 is 23.1 Å². The molecule has 0 unspecified atom stereocenters. The first-order valence-corrected chi connectivity index (χ1v) is 3.91. The maximum absolute atomic E-state index is 12.4. The van der Waals surface area contributed by atoms with Crippen molar-refractivity contribution in [2.45, 2.75) is 12.3 Å². The summed E-state index contributed by atoms with van der Waals surface area (Å²) in [5, 5.41) is -0.443. The van der Waals surface area contributed by atoms with E-state index >= 15 is 0 Å². The predicted octanol–water partition coefficient (Wildman–Crippen LogP) is 3.67. The molecular formula is C8H3ClF5O. The summed E-state index contributed by atoms with van der Waals surface area (Å²) in [6.45, 7) is 0. The quantitative estimate of drug-likeness (QED) is 0.723. The first-order chi connectivity index (χ1) is 6.74. The van der Waals surface area contributed by atoms with Crippen LogP contribution in [0.25, 0.3) is 0 Å². The fraction of sp³-hybridized carbons (Fsp3) is 0.250. The lowest BCUT2D eigenvalue weighted by Crippen LogP contribution is -2.41. The number of benzene rings is 1. The lowest BCUT2D eigenvalue weighted by Gasteiger charge is -2.20. The van der Waals surface area contributed by atoms with E-state index in [0.717, 1.165) is 6.07 Å². The second-order valence-electron chi connectivity index (χ2n) is 2.46. The highest BCUT2D eigenvalue weighted by molar-refractivity contribution is 6.31. The highest BCUT2D eigenvalue weighted by atomic mass is 35.5. The summed E-state index contributed by atoms with van der Waals surface area (Å²) in [4.78, 5) is 0. The lowest BCUT2D eigenvalue weighted by molar-refractivity contribution is -0.360. The molecule has 1 aromatic rings. The van der Waals surface area contributed by atoms with E-state index in [1.54, 1.807) is 0 Å². The molecule has 1 rings (SSSR count). The van der Waals surface area contributed by atoms with Crippen LogP contribution < -0.4 is 4.74 Å². The van der Waals surface area contributed by atoms with E-state index in [9.17, 15) is 22.0 Å². The Kier molecular flexibility index (Phi) is 3.08. The summed E-state index contributed by atoms with van der Waals surface area (Å²) in [7, 11) is 0. The minimum atomic E-state index is -5.79. The molecule has 0 amide bonds. The number of ether oxygens (including phenoxy) is 1. The van der Waals surface area contributed by atoms with Crippen LogP contribution in [0, 0.1) is 6.07 Å². The number of rotatable bonds is 2. The van der Waals surface area contributed by atoms with Gasteiger partial charge in [-0.1, -0.05) is 23.7 Å². The summed E-state index contributed by atoms with van der Waals surface area (Å²) in [6, 6.07) is 5.53. The van der Waals surface area contributed by atoms with Crippen molar-refractivity contribution >= 4 is 11.6 Å². The number of hydrogen-bond acceptors (Lipinski definition) is 1. The Bertz CT molecular complexity index is 349. The van der Waals surface area contributed by atoms with Gasteiger partial charge in [0, 0.05) is 6.07 Å². The lowest BCUT2D eigenvalue weighted by atomic mass is 10.3. The van der Waals surface area contributed by atoms with Crippen molar-refractivity contribution in [3.63, 3.8) is 0 Å². The van der Waals surface area contributed by atoms with Gasteiger partial charge in [0.15, 0.2) is 0 Å². The van der Waals surface area contributed by atoms with Crippen molar-refractivity contribution in [1.82, 2.24) is 0 Å². The van der Waals surface area contributed by atoms with Crippen LogP contribution in [-0.2, 0) is 0 Å². The van der Waals surface area contributed by atoms with Gasteiger partial charge in [-0.05, 0) is 6.07 Å². The maximum Gasteiger partial charge on any atom is 0.499 e. The fourth-order valence-corrected chi connectivity index (χ4v) is 0.840. The Morgan fingerprint density at radius 3 is 2.27 bits per heavy atom. The third-order valence-electron chi connectivity index (χ3n) is 1.34. The van der Waals surface area contributed by atoms with Crippen molar-refractivity contribution in [3.05, 3.63) is 29.3 Å². The third-order valence-corrected chi connectivity index (χ3v) is 1.63. The van der Waals surface area contributed by atoms with Crippen molar-refractivity contribution in [1.29, 1.82) is 0 Å². The zero-order valence-electron chi connectivity index (χ0n) is 6.91. The Labute approximate surface area is 86.4 Å². The van der Waals surface area contributed by atoms with Gasteiger partial charge < -0.3 is 4.74 Å². The molecule has 15 heavy (non-hydrogen) atoms. The van der Waals surface area contributed by atoms with Gasteiger partial charge in [-0.2, -0.15) is 22.0 Å². The van der Waals surface area contributed by atoms with Gasteiger partial charge in [0.25, 0.3) is 0 Å². The molecule has 0 N–H and O–H groups in total. The molecule has 0 saturated carbocycles. The van der Waals surface area contributed by atoms with Gasteiger partial charge in [-0.15, -0.1) is 0 Å². The van der Waals surface area contributed by atoms with E-state index in [1.165, 1.54) is 12.1 Å². The first-order valence-electron chi connectivity index (χ1n) is 3.54. The molecule has 0 aliphatic rings. The van der Waals surface area contributed by atoms with Gasteiger partial charge in [-0.3, -0.25) is 0 Å². The molecule has 0 bridgehead atoms. The van der Waals surface area contributed by atoms with Crippen molar-refractivity contribution in [2.24, 2.45) is 0 Å². The Hall–Kier alpha value is -1.04. The summed E-state index contributed by atoms with van der Waals surface area (Å²) >= 11 is 5.30. The molecule has 0 aliphatic carbocycles. The molecular weight excluding hydrogens is 243 g/mol. The molecule has 0 atom stereocenters. The highest BCUT2D eigenvalue weighted by Crippen LogP contribution is 2.38. The standard InChI is InChI=1S/C8H3ClF5O/c9-5-3-1-2-4-6(5)15-8(13,14)7(10,11)12/h1-2,4H. The minimum Gasteiger partial charge on any atom is -0.424 e. The van der Waals surface area contributed by atoms with Crippen LogP contribution >= 0.6 is 11.6 Å². The maximum atomic E-state index is 12.4. The Morgan fingerprint density at radius 1 is 1.20 bits per heavy atom. The normalized spacial score (nSPS) is 12.7. The molecule has 7 heteroatoms. The molecule has 0 saturated heterocycles. The predicted molar refractivity (Wildman–Crippen MR) is 41.9 cm³/mol. The largest absolute Gasteiger partial charge is 0.499 e.